The first-order valence-corrected chi connectivity index (χ1v) is 7.60. The van der Waals surface area contributed by atoms with Gasteiger partial charge >= 0.3 is 0 Å². The van der Waals surface area contributed by atoms with Crippen molar-refractivity contribution in [3.05, 3.63) is 0 Å². The second-order valence-electron chi connectivity index (χ2n) is 3.26. The van der Waals surface area contributed by atoms with E-state index in [1.807, 2.05) is 0 Å². The third kappa shape index (κ3) is 7.50. The van der Waals surface area contributed by atoms with E-state index in [4.69, 9.17) is 0 Å². The Morgan fingerprint density at radius 1 is 1.23 bits per heavy atom. The molecule has 0 aliphatic carbocycles. The van der Waals surface area contributed by atoms with Crippen molar-refractivity contribution in [1.82, 2.24) is 0 Å². The zero-order valence-corrected chi connectivity index (χ0v) is 10.8. The van der Waals surface area contributed by atoms with Gasteiger partial charge in [-0.3, -0.25) is 0 Å². The van der Waals surface area contributed by atoms with Crippen LogP contribution >= 0.6 is 15.9 Å². The minimum Gasteiger partial charge on any atom is -0.229 e. The Bertz CT molecular complexity index is 212. The van der Waals surface area contributed by atoms with Gasteiger partial charge in [0.15, 0.2) is 0 Å². The summed E-state index contributed by atoms with van der Waals surface area (Å²) in [5, 5.41) is 0. The lowest BCUT2D eigenvalue weighted by atomic mass is 10.2. The van der Waals surface area contributed by atoms with E-state index in [2.05, 4.69) is 22.9 Å². The Hall–Kier alpha value is 0.430. The van der Waals surface area contributed by atoms with E-state index in [-0.39, 0.29) is 5.75 Å². The third-order valence-corrected chi connectivity index (χ3v) is 4.72. The number of rotatable bonds is 7. The Balaban J connectivity index is 3.56. The molecule has 0 aliphatic rings. The molecule has 1 unspecified atom stereocenters. The van der Waals surface area contributed by atoms with Crippen molar-refractivity contribution in [2.24, 2.45) is 0 Å². The SMILES string of the molecule is CCCC(Br)CCCS(=O)(=O)CC. The largest absolute Gasteiger partial charge is 0.229 e. The van der Waals surface area contributed by atoms with Gasteiger partial charge in [-0.25, -0.2) is 8.42 Å². The molecule has 0 amide bonds. The van der Waals surface area contributed by atoms with Crippen molar-refractivity contribution in [2.45, 2.75) is 44.4 Å². The molecule has 0 aromatic heterocycles. The molecule has 0 radical (unpaired) electrons. The lowest BCUT2D eigenvalue weighted by molar-refractivity contribution is 0.590. The summed E-state index contributed by atoms with van der Waals surface area (Å²) in [4.78, 5) is 0.490. The van der Waals surface area contributed by atoms with Gasteiger partial charge in [-0.15, -0.1) is 0 Å². The fourth-order valence-electron chi connectivity index (χ4n) is 1.13. The van der Waals surface area contributed by atoms with Gasteiger partial charge in [-0.05, 0) is 19.3 Å². The average molecular weight is 271 g/mol. The Kier molecular flexibility index (Phi) is 7.05. The molecule has 0 aliphatic heterocycles. The van der Waals surface area contributed by atoms with Gasteiger partial charge in [-0.1, -0.05) is 36.2 Å². The van der Waals surface area contributed by atoms with E-state index in [1.165, 1.54) is 0 Å². The number of sulfone groups is 1. The van der Waals surface area contributed by atoms with Crippen molar-refractivity contribution < 1.29 is 8.42 Å². The summed E-state index contributed by atoms with van der Waals surface area (Å²) in [6.45, 7) is 3.84. The maximum Gasteiger partial charge on any atom is 0.150 e. The van der Waals surface area contributed by atoms with Gasteiger partial charge in [0.2, 0.25) is 0 Å². The van der Waals surface area contributed by atoms with Crippen LogP contribution in [-0.2, 0) is 9.84 Å². The molecule has 1 atom stereocenters. The lowest BCUT2D eigenvalue weighted by Crippen LogP contribution is -2.10. The molecular weight excluding hydrogens is 252 g/mol. The first-order chi connectivity index (χ1) is 6.02. The fourth-order valence-corrected chi connectivity index (χ4v) is 2.80. The van der Waals surface area contributed by atoms with Gasteiger partial charge in [0.1, 0.15) is 9.84 Å². The molecule has 80 valence electrons. The van der Waals surface area contributed by atoms with Gasteiger partial charge in [0.05, 0.1) is 5.75 Å². The van der Waals surface area contributed by atoms with Gasteiger partial charge < -0.3 is 0 Å². The summed E-state index contributed by atoms with van der Waals surface area (Å²) in [5.41, 5.74) is 0. The van der Waals surface area contributed by atoms with Gasteiger partial charge in [-0.2, -0.15) is 0 Å². The summed E-state index contributed by atoms with van der Waals surface area (Å²) in [6.07, 6.45) is 4.03. The number of hydrogen-bond acceptors (Lipinski definition) is 2. The average Bonchev–Trinajstić information content (AvgIpc) is 2.05. The van der Waals surface area contributed by atoms with E-state index < -0.39 is 9.84 Å². The molecule has 0 saturated carbocycles. The van der Waals surface area contributed by atoms with E-state index in [0.717, 1.165) is 25.7 Å². The highest BCUT2D eigenvalue weighted by Crippen LogP contribution is 2.14. The minimum atomic E-state index is -2.75. The summed E-state index contributed by atoms with van der Waals surface area (Å²) in [6, 6.07) is 0. The molecule has 0 N–H and O–H groups in total. The molecule has 0 aromatic carbocycles. The molecule has 2 nitrogen and oxygen atoms in total. The van der Waals surface area contributed by atoms with Crippen LogP contribution in [-0.4, -0.2) is 24.8 Å². The summed E-state index contributed by atoms with van der Waals surface area (Å²) >= 11 is 3.53. The monoisotopic (exact) mass is 270 g/mol. The van der Waals surface area contributed by atoms with Crippen LogP contribution in [0.25, 0.3) is 0 Å². The third-order valence-electron chi connectivity index (χ3n) is 2.01. The van der Waals surface area contributed by atoms with Crippen LogP contribution in [0.2, 0.25) is 0 Å². The van der Waals surface area contributed by atoms with Crippen LogP contribution in [0.5, 0.6) is 0 Å². The normalized spacial score (nSPS) is 14.4. The predicted molar refractivity (Wildman–Crippen MR) is 61.2 cm³/mol. The summed E-state index contributed by atoms with van der Waals surface area (Å²) in [5.74, 6) is 0.614. The molecular formula is C9H19BrO2S. The van der Waals surface area contributed by atoms with E-state index in [1.54, 1.807) is 6.92 Å². The van der Waals surface area contributed by atoms with Crippen LogP contribution in [0.4, 0.5) is 0 Å². The Morgan fingerprint density at radius 3 is 2.31 bits per heavy atom. The highest BCUT2D eigenvalue weighted by molar-refractivity contribution is 9.09. The predicted octanol–water partition coefficient (Wildman–Crippen LogP) is 2.76. The summed E-state index contributed by atoms with van der Waals surface area (Å²) in [7, 11) is -2.75. The Morgan fingerprint density at radius 2 is 1.85 bits per heavy atom. The van der Waals surface area contributed by atoms with Crippen LogP contribution in [0.15, 0.2) is 0 Å². The molecule has 0 heterocycles. The number of halogens is 1. The second-order valence-corrected chi connectivity index (χ2v) is 7.03. The van der Waals surface area contributed by atoms with Crippen LogP contribution < -0.4 is 0 Å². The highest BCUT2D eigenvalue weighted by Gasteiger charge is 2.08. The Labute approximate surface area is 90.2 Å². The van der Waals surface area contributed by atoms with Crippen molar-refractivity contribution in [3.63, 3.8) is 0 Å². The van der Waals surface area contributed by atoms with Crippen LogP contribution in [0, 0.1) is 0 Å². The second kappa shape index (κ2) is 6.82. The topological polar surface area (TPSA) is 34.1 Å². The van der Waals surface area contributed by atoms with Gasteiger partial charge in [0, 0.05) is 10.6 Å². The molecule has 0 bridgehead atoms. The van der Waals surface area contributed by atoms with Crippen molar-refractivity contribution in [3.8, 4) is 0 Å². The maximum atomic E-state index is 11.1. The molecule has 0 saturated heterocycles. The molecule has 4 heteroatoms. The van der Waals surface area contributed by atoms with Crippen molar-refractivity contribution in [1.29, 1.82) is 0 Å². The molecule has 0 rings (SSSR count). The molecule has 0 fully saturated rings. The van der Waals surface area contributed by atoms with E-state index in [0.29, 0.717) is 10.6 Å². The standard InChI is InChI=1S/C9H19BrO2S/c1-3-6-9(10)7-5-8-13(11,12)4-2/h9H,3-8H2,1-2H3. The van der Waals surface area contributed by atoms with Crippen LogP contribution in [0.1, 0.15) is 39.5 Å². The quantitative estimate of drug-likeness (QED) is 0.667. The number of hydrogen-bond donors (Lipinski definition) is 0. The lowest BCUT2D eigenvalue weighted by Gasteiger charge is -2.07. The fraction of sp³-hybridized carbons (Fsp3) is 1.00. The highest BCUT2D eigenvalue weighted by atomic mass is 79.9. The smallest absolute Gasteiger partial charge is 0.150 e. The van der Waals surface area contributed by atoms with Crippen molar-refractivity contribution >= 4 is 25.8 Å². The minimum absolute atomic E-state index is 0.272. The van der Waals surface area contributed by atoms with Gasteiger partial charge in [0.25, 0.3) is 0 Å². The van der Waals surface area contributed by atoms with E-state index in [9.17, 15) is 8.42 Å². The first-order valence-electron chi connectivity index (χ1n) is 4.86. The summed E-state index contributed by atoms with van der Waals surface area (Å²) < 4.78 is 22.2. The molecule has 0 spiro atoms. The van der Waals surface area contributed by atoms with E-state index >= 15 is 0 Å². The zero-order chi connectivity index (χ0) is 10.3. The number of alkyl halides is 1. The first kappa shape index (κ1) is 13.4. The van der Waals surface area contributed by atoms with Crippen molar-refractivity contribution in [2.75, 3.05) is 11.5 Å². The zero-order valence-electron chi connectivity index (χ0n) is 8.42. The molecule has 0 aromatic rings. The maximum absolute atomic E-state index is 11.1. The van der Waals surface area contributed by atoms with Crippen LogP contribution in [0.3, 0.4) is 0 Å². The molecule has 13 heavy (non-hydrogen) atoms.